The Bertz CT molecular complexity index is 892. The number of aromatic nitrogens is 2. The number of rotatable bonds is 2. The van der Waals surface area contributed by atoms with Crippen molar-refractivity contribution in [2.75, 3.05) is 5.73 Å². The van der Waals surface area contributed by atoms with E-state index < -0.39 is 0 Å². The zero-order chi connectivity index (χ0) is 15.0. The van der Waals surface area contributed by atoms with Crippen LogP contribution in [0, 0.1) is 5.82 Å². The predicted octanol–water partition coefficient (Wildman–Crippen LogP) is 2.93. The third-order valence-electron chi connectivity index (χ3n) is 3.20. The maximum Gasteiger partial charge on any atom is 0.261 e. The Morgan fingerprint density at radius 3 is 2.81 bits per heavy atom. The lowest BCUT2D eigenvalue weighted by Gasteiger charge is -2.08. The Morgan fingerprint density at radius 2 is 2.05 bits per heavy atom. The summed E-state index contributed by atoms with van der Waals surface area (Å²) in [6.45, 7) is 0.121. The van der Waals surface area contributed by atoms with E-state index in [0.29, 0.717) is 26.6 Å². The quantitative estimate of drug-likeness (QED) is 0.725. The lowest BCUT2D eigenvalue weighted by Crippen LogP contribution is -2.21. The highest BCUT2D eigenvalue weighted by atomic mass is 79.9. The van der Waals surface area contributed by atoms with E-state index in [2.05, 4.69) is 20.9 Å². The van der Waals surface area contributed by atoms with Crippen molar-refractivity contribution < 1.29 is 4.39 Å². The van der Waals surface area contributed by atoms with E-state index in [1.165, 1.54) is 17.0 Å². The van der Waals surface area contributed by atoms with Crippen molar-refractivity contribution in [2.45, 2.75) is 6.54 Å². The molecule has 0 unspecified atom stereocenters. The number of anilines is 1. The van der Waals surface area contributed by atoms with Crippen LogP contribution in [-0.2, 0) is 6.54 Å². The molecule has 1 heterocycles. The Balaban J connectivity index is 2.09. The topological polar surface area (TPSA) is 60.9 Å². The first-order chi connectivity index (χ1) is 10.0. The second-order valence-electron chi connectivity index (χ2n) is 4.69. The molecule has 0 saturated heterocycles. The van der Waals surface area contributed by atoms with E-state index in [0.717, 1.165) is 0 Å². The van der Waals surface area contributed by atoms with Crippen LogP contribution in [0.2, 0.25) is 0 Å². The molecule has 1 aromatic heterocycles. The van der Waals surface area contributed by atoms with Crippen molar-refractivity contribution in [3.05, 3.63) is 68.9 Å². The molecule has 6 heteroatoms. The minimum Gasteiger partial charge on any atom is -0.399 e. The molecule has 0 spiro atoms. The van der Waals surface area contributed by atoms with Gasteiger partial charge in [0.15, 0.2) is 0 Å². The number of fused-ring (bicyclic) bond motifs is 1. The van der Waals surface area contributed by atoms with Crippen LogP contribution < -0.4 is 11.3 Å². The van der Waals surface area contributed by atoms with Crippen molar-refractivity contribution in [2.24, 2.45) is 0 Å². The van der Waals surface area contributed by atoms with E-state index in [-0.39, 0.29) is 17.9 Å². The second-order valence-corrected chi connectivity index (χ2v) is 5.61. The van der Waals surface area contributed by atoms with Gasteiger partial charge >= 0.3 is 0 Å². The van der Waals surface area contributed by atoms with Crippen molar-refractivity contribution in [3.8, 4) is 0 Å². The largest absolute Gasteiger partial charge is 0.399 e. The van der Waals surface area contributed by atoms with Gasteiger partial charge in [0.25, 0.3) is 5.56 Å². The molecule has 0 bridgehead atoms. The third kappa shape index (κ3) is 2.67. The van der Waals surface area contributed by atoms with Gasteiger partial charge in [0.05, 0.1) is 23.8 Å². The molecule has 0 atom stereocenters. The van der Waals surface area contributed by atoms with Gasteiger partial charge in [0, 0.05) is 15.7 Å². The number of nitrogens with two attached hydrogens (primary N) is 1. The SMILES string of the molecule is Nc1ccc2ncn(Cc3ccc(Br)cc3F)c(=O)c2c1. The lowest BCUT2D eigenvalue weighted by molar-refractivity contribution is 0.594. The van der Waals surface area contributed by atoms with Crippen LogP contribution in [0.1, 0.15) is 5.56 Å². The molecule has 0 aliphatic heterocycles. The van der Waals surface area contributed by atoms with Crippen LogP contribution >= 0.6 is 15.9 Å². The average molecular weight is 348 g/mol. The summed E-state index contributed by atoms with van der Waals surface area (Å²) < 4.78 is 15.9. The zero-order valence-electron chi connectivity index (χ0n) is 10.9. The minimum atomic E-state index is -0.371. The van der Waals surface area contributed by atoms with Crippen LogP contribution in [-0.4, -0.2) is 9.55 Å². The highest BCUT2D eigenvalue weighted by Crippen LogP contribution is 2.16. The smallest absolute Gasteiger partial charge is 0.261 e. The highest BCUT2D eigenvalue weighted by molar-refractivity contribution is 9.10. The van der Waals surface area contributed by atoms with Gasteiger partial charge in [0.2, 0.25) is 0 Å². The Kier molecular flexibility index (Phi) is 3.47. The summed E-state index contributed by atoms with van der Waals surface area (Å²) in [5.74, 6) is -0.371. The van der Waals surface area contributed by atoms with Crippen molar-refractivity contribution in [1.82, 2.24) is 9.55 Å². The van der Waals surface area contributed by atoms with Gasteiger partial charge in [-0.15, -0.1) is 0 Å². The monoisotopic (exact) mass is 347 g/mol. The van der Waals surface area contributed by atoms with Gasteiger partial charge in [-0.25, -0.2) is 9.37 Å². The third-order valence-corrected chi connectivity index (χ3v) is 3.70. The fourth-order valence-electron chi connectivity index (χ4n) is 2.12. The molecule has 3 rings (SSSR count). The number of nitrogens with zero attached hydrogens (tertiary/aromatic N) is 2. The summed E-state index contributed by atoms with van der Waals surface area (Å²) in [6.07, 6.45) is 1.42. The molecule has 2 aromatic carbocycles. The van der Waals surface area contributed by atoms with Gasteiger partial charge in [0.1, 0.15) is 5.82 Å². The molecular formula is C15H11BrFN3O. The number of hydrogen-bond acceptors (Lipinski definition) is 3. The molecule has 2 N–H and O–H groups in total. The maximum atomic E-state index is 13.9. The summed E-state index contributed by atoms with van der Waals surface area (Å²) in [7, 11) is 0. The lowest BCUT2D eigenvalue weighted by atomic mass is 10.2. The van der Waals surface area contributed by atoms with Gasteiger partial charge in [-0.3, -0.25) is 9.36 Å². The van der Waals surface area contributed by atoms with Crippen LogP contribution in [0.4, 0.5) is 10.1 Å². The van der Waals surface area contributed by atoms with Crippen molar-refractivity contribution in [1.29, 1.82) is 0 Å². The fourth-order valence-corrected chi connectivity index (χ4v) is 2.46. The average Bonchev–Trinajstić information content (AvgIpc) is 2.45. The van der Waals surface area contributed by atoms with Crippen LogP contribution in [0.15, 0.2) is 52.0 Å². The highest BCUT2D eigenvalue weighted by Gasteiger charge is 2.08. The molecular weight excluding hydrogens is 337 g/mol. The Labute approximate surface area is 128 Å². The molecule has 0 radical (unpaired) electrons. The molecule has 0 aliphatic rings. The summed E-state index contributed by atoms with van der Waals surface area (Å²) in [6, 6.07) is 9.70. The molecule has 4 nitrogen and oxygen atoms in total. The van der Waals surface area contributed by atoms with Gasteiger partial charge in [-0.2, -0.15) is 0 Å². The summed E-state index contributed by atoms with van der Waals surface area (Å²) in [5.41, 5.74) is 6.94. The van der Waals surface area contributed by atoms with E-state index in [1.54, 1.807) is 30.3 Å². The predicted molar refractivity (Wildman–Crippen MR) is 83.6 cm³/mol. The molecule has 21 heavy (non-hydrogen) atoms. The summed E-state index contributed by atoms with van der Waals surface area (Å²) in [4.78, 5) is 16.6. The van der Waals surface area contributed by atoms with Crippen LogP contribution in [0.25, 0.3) is 10.9 Å². The van der Waals surface area contributed by atoms with Crippen LogP contribution in [0.3, 0.4) is 0 Å². The minimum absolute atomic E-state index is 0.121. The first-order valence-corrected chi connectivity index (χ1v) is 7.02. The number of nitrogen functional groups attached to an aromatic ring is 1. The molecule has 0 aliphatic carbocycles. The van der Waals surface area contributed by atoms with E-state index in [4.69, 9.17) is 5.73 Å². The number of benzene rings is 2. The van der Waals surface area contributed by atoms with E-state index >= 15 is 0 Å². The van der Waals surface area contributed by atoms with E-state index in [1.807, 2.05) is 0 Å². The summed E-state index contributed by atoms with van der Waals surface area (Å²) >= 11 is 3.20. The number of halogens is 2. The normalized spacial score (nSPS) is 11.0. The molecule has 106 valence electrons. The van der Waals surface area contributed by atoms with Crippen LogP contribution in [0.5, 0.6) is 0 Å². The summed E-state index contributed by atoms with van der Waals surface area (Å²) in [5, 5.41) is 0.426. The van der Waals surface area contributed by atoms with Crippen molar-refractivity contribution in [3.63, 3.8) is 0 Å². The van der Waals surface area contributed by atoms with Gasteiger partial charge in [-0.05, 0) is 30.3 Å². The standard InChI is InChI=1S/C15H11BrFN3O/c16-10-2-1-9(13(17)5-10)7-20-8-19-14-4-3-11(18)6-12(14)15(20)21/h1-6,8H,7,18H2. The zero-order valence-corrected chi connectivity index (χ0v) is 12.5. The first-order valence-electron chi connectivity index (χ1n) is 6.23. The molecule has 0 amide bonds. The van der Waals surface area contributed by atoms with Gasteiger partial charge in [-0.1, -0.05) is 22.0 Å². The molecule has 0 saturated carbocycles. The Morgan fingerprint density at radius 1 is 1.24 bits per heavy atom. The number of hydrogen-bond donors (Lipinski definition) is 1. The van der Waals surface area contributed by atoms with E-state index in [9.17, 15) is 9.18 Å². The Hall–Kier alpha value is -2.21. The molecule has 3 aromatic rings. The second kappa shape index (κ2) is 5.29. The van der Waals surface area contributed by atoms with Gasteiger partial charge < -0.3 is 5.73 Å². The first kappa shape index (κ1) is 13.8. The van der Waals surface area contributed by atoms with Crippen molar-refractivity contribution >= 4 is 32.5 Å². The molecule has 0 fully saturated rings. The maximum absolute atomic E-state index is 13.9. The fraction of sp³-hybridized carbons (Fsp3) is 0.0667.